The highest BCUT2D eigenvalue weighted by Gasteiger charge is 2.12. The summed E-state index contributed by atoms with van der Waals surface area (Å²) < 4.78 is 5.23. The highest BCUT2D eigenvalue weighted by molar-refractivity contribution is 6.11. The van der Waals surface area contributed by atoms with Crippen molar-refractivity contribution in [3.63, 3.8) is 0 Å². The van der Waals surface area contributed by atoms with Crippen molar-refractivity contribution in [2.75, 3.05) is 12.4 Å². The Hall–Kier alpha value is -4.64. The first-order valence-electron chi connectivity index (χ1n) is 11.7. The zero-order chi connectivity index (χ0) is 25.3. The van der Waals surface area contributed by atoms with E-state index >= 15 is 0 Å². The third-order valence-corrected chi connectivity index (χ3v) is 5.94. The smallest absolute Gasteiger partial charge is 0.273 e. The Balaban J connectivity index is 1.58. The average Bonchev–Trinajstić information content (AvgIpc) is 2.92. The van der Waals surface area contributed by atoms with Crippen molar-refractivity contribution in [3.8, 4) is 5.75 Å². The first kappa shape index (κ1) is 24.5. The summed E-state index contributed by atoms with van der Waals surface area (Å²) in [6.45, 7) is 4.13. The molecule has 0 spiro atoms. The van der Waals surface area contributed by atoms with E-state index in [9.17, 15) is 4.79 Å². The van der Waals surface area contributed by atoms with Crippen LogP contribution in [0.4, 0.5) is 11.4 Å². The topological polar surface area (TPSA) is 62.7 Å². The number of benzene rings is 4. The summed E-state index contributed by atoms with van der Waals surface area (Å²) in [4.78, 5) is 13.2. The van der Waals surface area contributed by atoms with Crippen molar-refractivity contribution in [1.29, 1.82) is 0 Å². The Morgan fingerprint density at radius 1 is 0.806 bits per heavy atom. The van der Waals surface area contributed by atoms with Gasteiger partial charge in [-0.2, -0.15) is 5.10 Å². The molecule has 0 saturated heterocycles. The summed E-state index contributed by atoms with van der Waals surface area (Å²) in [5.41, 5.74) is 9.78. The number of amides is 1. The van der Waals surface area contributed by atoms with E-state index in [0.29, 0.717) is 17.0 Å². The second-order valence-electron chi connectivity index (χ2n) is 8.33. The highest BCUT2D eigenvalue weighted by Crippen LogP contribution is 2.25. The molecule has 5 nitrogen and oxygen atoms in total. The van der Waals surface area contributed by atoms with Crippen LogP contribution in [-0.4, -0.2) is 18.7 Å². The molecule has 4 aromatic carbocycles. The molecule has 0 atom stereocenters. The zero-order valence-corrected chi connectivity index (χ0v) is 20.7. The van der Waals surface area contributed by atoms with Gasteiger partial charge in [0.2, 0.25) is 0 Å². The number of carbonyl (C=O) groups is 1. The number of hydrogen-bond acceptors (Lipinski definition) is 4. The lowest BCUT2D eigenvalue weighted by molar-refractivity contribution is 0.0956. The van der Waals surface area contributed by atoms with Gasteiger partial charge in [0.15, 0.2) is 0 Å². The maximum absolute atomic E-state index is 13.2. The molecule has 4 aromatic rings. The molecule has 0 radical (unpaired) electrons. The monoisotopic (exact) mass is 475 g/mol. The van der Waals surface area contributed by atoms with Crippen molar-refractivity contribution >= 4 is 29.1 Å². The lowest BCUT2D eigenvalue weighted by atomic mass is 10.1. The van der Waals surface area contributed by atoms with Crippen LogP contribution in [0.25, 0.3) is 6.08 Å². The number of para-hydroxylation sites is 1. The van der Waals surface area contributed by atoms with E-state index in [4.69, 9.17) is 4.74 Å². The Kier molecular flexibility index (Phi) is 7.94. The Bertz CT molecular complexity index is 1390. The summed E-state index contributed by atoms with van der Waals surface area (Å²) >= 11 is 0. The third kappa shape index (κ3) is 6.07. The van der Waals surface area contributed by atoms with Crippen LogP contribution in [0.2, 0.25) is 0 Å². The van der Waals surface area contributed by atoms with E-state index in [-0.39, 0.29) is 5.91 Å². The molecule has 36 heavy (non-hydrogen) atoms. The van der Waals surface area contributed by atoms with Crippen LogP contribution in [0.5, 0.6) is 5.75 Å². The average molecular weight is 476 g/mol. The number of anilines is 2. The van der Waals surface area contributed by atoms with Crippen molar-refractivity contribution < 1.29 is 9.53 Å². The molecule has 5 heteroatoms. The van der Waals surface area contributed by atoms with E-state index in [1.165, 1.54) is 5.56 Å². The number of hydrogen-bond donors (Lipinski definition) is 2. The van der Waals surface area contributed by atoms with Crippen LogP contribution in [0.3, 0.4) is 0 Å². The van der Waals surface area contributed by atoms with Gasteiger partial charge < -0.3 is 10.1 Å². The lowest BCUT2D eigenvalue weighted by Crippen LogP contribution is -2.20. The molecule has 1 amide bonds. The molecular formula is C31H29N3O2. The van der Waals surface area contributed by atoms with E-state index in [1.54, 1.807) is 13.2 Å². The van der Waals surface area contributed by atoms with Gasteiger partial charge in [-0.3, -0.25) is 4.79 Å². The summed E-state index contributed by atoms with van der Waals surface area (Å²) in [7, 11) is 1.64. The summed E-state index contributed by atoms with van der Waals surface area (Å²) in [5, 5.41) is 7.88. The van der Waals surface area contributed by atoms with Crippen LogP contribution >= 0.6 is 0 Å². The number of allylic oxidation sites excluding steroid dienone is 1. The van der Waals surface area contributed by atoms with Crippen molar-refractivity contribution in [1.82, 2.24) is 5.43 Å². The minimum Gasteiger partial charge on any atom is -0.497 e. The second-order valence-corrected chi connectivity index (χ2v) is 8.33. The summed E-state index contributed by atoms with van der Waals surface area (Å²) in [5.74, 6) is 0.499. The number of hydrazone groups is 1. The molecule has 180 valence electrons. The fraction of sp³-hybridized carbons (Fsp3) is 0.0968. The third-order valence-electron chi connectivity index (χ3n) is 5.94. The molecule has 0 aliphatic heterocycles. The van der Waals surface area contributed by atoms with Gasteiger partial charge in [-0.25, -0.2) is 5.43 Å². The molecule has 0 unspecified atom stereocenters. The van der Waals surface area contributed by atoms with E-state index in [0.717, 1.165) is 28.1 Å². The minimum absolute atomic E-state index is 0.297. The molecule has 0 aromatic heterocycles. The lowest BCUT2D eigenvalue weighted by Gasteiger charge is -2.14. The van der Waals surface area contributed by atoms with Crippen molar-refractivity contribution in [2.24, 2.45) is 5.10 Å². The van der Waals surface area contributed by atoms with E-state index in [2.05, 4.69) is 35.8 Å². The molecule has 0 bridgehead atoms. The predicted molar refractivity (Wildman–Crippen MR) is 148 cm³/mol. The maximum Gasteiger partial charge on any atom is 0.273 e. The standard InChI is InChI=1S/C31H29N3O2/c1-22-10-9-15-28(23(22)2)32-30-14-8-7-13-27(30)31(35)34-33-29(25-11-5-4-6-12-25)21-18-24-16-19-26(36-3)20-17-24/h4-21,32H,1-3H3,(H,34,35)/b21-18+,33-29+. The van der Waals surface area contributed by atoms with Crippen molar-refractivity contribution in [2.45, 2.75) is 13.8 Å². The summed E-state index contributed by atoms with van der Waals surface area (Å²) in [6, 6.07) is 31.0. The number of nitrogens with zero attached hydrogens (tertiary/aromatic N) is 1. The van der Waals surface area contributed by atoms with Gasteiger partial charge in [-0.05, 0) is 66.9 Å². The first-order chi connectivity index (χ1) is 17.5. The van der Waals surface area contributed by atoms with Crippen LogP contribution in [0, 0.1) is 13.8 Å². The Labute approximate surface area is 212 Å². The maximum atomic E-state index is 13.2. The quantitative estimate of drug-likeness (QED) is 0.215. The molecule has 0 aliphatic carbocycles. The molecular weight excluding hydrogens is 446 g/mol. The van der Waals surface area contributed by atoms with Gasteiger partial charge >= 0.3 is 0 Å². The molecule has 0 heterocycles. The highest BCUT2D eigenvalue weighted by atomic mass is 16.5. The Morgan fingerprint density at radius 2 is 1.50 bits per heavy atom. The number of rotatable bonds is 8. The molecule has 0 fully saturated rings. The molecule has 4 rings (SSSR count). The van der Waals surface area contributed by atoms with Crippen LogP contribution < -0.4 is 15.5 Å². The number of methoxy groups -OCH3 is 1. The molecule has 0 aliphatic rings. The normalized spacial score (nSPS) is 11.4. The Morgan fingerprint density at radius 3 is 2.25 bits per heavy atom. The number of ether oxygens (including phenoxy) is 1. The van der Waals surface area contributed by atoms with Crippen molar-refractivity contribution in [3.05, 3.63) is 131 Å². The van der Waals surface area contributed by atoms with Gasteiger partial charge in [-0.15, -0.1) is 0 Å². The summed E-state index contributed by atoms with van der Waals surface area (Å²) in [6.07, 6.45) is 3.84. The fourth-order valence-corrected chi connectivity index (χ4v) is 3.69. The molecule has 2 N–H and O–H groups in total. The minimum atomic E-state index is -0.297. The fourth-order valence-electron chi connectivity index (χ4n) is 3.69. The second kappa shape index (κ2) is 11.7. The van der Waals surface area contributed by atoms with E-state index in [1.807, 2.05) is 97.1 Å². The van der Waals surface area contributed by atoms with Crippen LogP contribution in [0.15, 0.2) is 108 Å². The first-order valence-corrected chi connectivity index (χ1v) is 11.7. The van der Waals surface area contributed by atoms with Crippen LogP contribution in [0.1, 0.15) is 32.6 Å². The number of carbonyl (C=O) groups excluding carboxylic acids is 1. The van der Waals surface area contributed by atoms with E-state index < -0.39 is 0 Å². The number of aryl methyl sites for hydroxylation is 1. The predicted octanol–water partition coefficient (Wildman–Crippen LogP) is 6.90. The van der Waals surface area contributed by atoms with Gasteiger partial charge in [0.25, 0.3) is 5.91 Å². The van der Waals surface area contributed by atoms with Gasteiger partial charge in [-0.1, -0.05) is 72.8 Å². The van der Waals surface area contributed by atoms with Crippen LogP contribution in [-0.2, 0) is 0 Å². The van der Waals surface area contributed by atoms with Gasteiger partial charge in [0.1, 0.15) is 5.75 Å². The largest absolute Gasteiger partial charge is 0.497 e. The molecule has 0 saturated carbocycles. The van der Waals surface area contributed by atoms with Gasteiger partial charge in [0.05, 0.1) is 24.1 Å². The number of nitrogens with one attached hydrogen (secondary N) is 2. The van der Waals surface area contributed by atoms with Gasteiger partial charge in [0, 0.05) is 11.3 Å². The SMILES string of the molecule is COc1ccc(/C=C/C(=N\NC(=O)c2ccccc2Nc2cccc(C)c2C)c2ccccc2)cc1. The zero-order valence-electron chi connectivity index (χ0n) is 20.7.